The van der Waals surface area contributed by atoms with E-state index in [-0.39, 0.29) is 6.61 Å². The number of aliphatic hydroxyl groups is 1. The highest BCUT2D eigenvalue weighted by atomic mass is 16.5. The molecule has 0 fully saturated rings. The molecule has 2 nitrogen and oxygen atoms in total. The topological polar surface area (TPSA) is 29.5 Å². The van der Waals surface area contributed by atoms with Gasteiger partial charge in [-0.15, -0.1) is 0 Å². The first kappa shape index (κ1) is 12.2. The molecular formula is C13H20O2. The van der Waals surface area contributed by atoms with Gasteiger partial charge in [-0.3, -0.25) is 0 Å². The molecule has 0 spiro atoms. The van der Waals surface area contributed by atoms with E-state index in [0.717, 1.165) is 19.4 Å². The van der Waals surface area contributed by atoms with Gasteiger partial charge in [0.15, 0.2) is 0 Å². The van der Waals surface area contributed by atoms with Crippen molar-refractivity contribution in [2.24, 2.45) is 5.92 Å². The van der Waals surface area contributed by atoms with Gasteiger partial charge >= 0.3 is 0 Å². The van der Waals surface area contributed by atoms with E-state index in [0.29, 0.717) is 12.5 Å². The molecule has 84 valence electrons. The highest BCUT2D eigenvalue weighted by Gasteiger charge is 1.99. The van der Waals surface area contributed by atoms with Gasteiger partial charge in [-0.25, -0.2) is 0 Å². The number of hydrogen-bond donors (Lipinski definition) is 1. The summed E-state index contributed by atoms with van der Waals surface area (Å²) in [5, 5.41) is 8.83. The fourth-order valence-corrected chi connectivity index (χ4v) is 1.39. The third-order valence-corrected chi connectivity index (χ3v) is 2.41. The molecule has 1 aromatic carbocycles. The van der Waals surface area contributed by atoms with Crippen molar-refractivity contribution < 1.29 is 9.84 Å². The molecule has 1 aromatic rings. The van der Waals surface area contributed by atoms with E-state index >= 15 is 0 Å². The Kier molecular flexibility index (Phi) is 6.05. The Balaban J connectivity index is 2.03. The van der Waals surface area contributed by atoms with Crippen LogP contribution in [0.1, 0.15) is 25.3 Å². The Hall–Kier alpha value is -0.860. The lowest BCUT2D eigenvalue weighted by molar-refractivity contribution is 0.110. The Labute approximate surface area is 91.9 Å². The van der Waals surface area contributed by atoms with Crippen molar-refractivity contribution in [3.63, 3.8) is 0 Å². The molecule has 0 saturated heterocycles. The van der Waals surface area contributed by atoms with Gasteiger partial charge in [0.05, 0.1) is 6.61 Å². The largest absolute Gasteiger partial charge is 0.396 e. The second kappa shape index (κ2) is 7.43. The monoisotopic (exact) mass is 208 g/mol. The molecule has 0 bridgehead atoms. The van der Waals surface area contributed by atoms with Crippen LogP contribution in [0, 0.1) is 5.92 Å². The van der Waals surface area contributed by atoms with E-state index in [1.165, 1.54) is 5.56 Å². The Morgan fingerprint density at radius 1 is 1.27 bits per heavy atom. The number of rotatable bonds is 7. The van der Waals surface area contributed by atoms with Crippen LogP contribution in [0.15, 0.2) is 30.3 Å². The van der Waals surface area contributed by atoms with E-state index in [9.17, 15) is 0 Å². The Morgan fingerprint density at radius 2 is 2.00 bits per heavy atom. The quantitative estimate of drug-likeness (QED) is 0.698. The van der Waals surface area contributed by atoms with Crippen LogP contribution in [0.5, 0.6) is 0 Å². The first-order valence-corrected chi connectivity index (χ1v) is 5.55. The van der Waals surface area contributed by atoms with Gasteiger partial charge in [-0.1, -0.05) is 37.3 Å². The van der Waals surface area contributed by atoms with Crippen molar-refractivity contribution in [1.82, 2.24) is 0 Å². The fraction of sp³-hybridized carbons (Fsp3) is 0.538. The maximum Gasteiger partial charge on any atom is 0.0716 e. The van der Waals surface area contributed by atoms with Gasteiger partial charge in [0, 0.05) is 13.2 Å². The average molecular weight is 208 g/mol. The predicted octanol–water partition coefficient (Wildman–Crippen LogP) is 2.61. The zero-order chi connectivity index (χ0) is 10.9. The summed E-state index contributed by atoms with van der Waals surface area (Å²) in [6.07, 6.45) is 2.06. The smallest absolute Gasteiger partial charge is 0.0716 e. The predicted molar refractivity (Wildman–Crippen MR) is 61.6 cm³/mol. The lowest BCUT2D eigenvalue weighted by atomic mass is 10.1. The van der Waals surface area contributed by atoms with Crippen LogP contribution in [0.2, 0.25) is 0 Å². The molecule has 0 saturated carbocycles. The standard InChI is InChI=1S/C13H20O2/c1-12(10-14)6-5-9-15-11-13-7-3-2-4-8-13/h2-4,7-8,12,14H,5-6,9-11H2,1H3/t12-/m0/s1. The molecule has 0 aliphatic rings. The van der Waals surface area contributed by atoms with Gasteiger partial charge in [0.2, 0.25) is 0 Å². The minimum Gasteiger partial charge on any atom is -0.396 e. The summed E-state index contributed by atoms with van der Waals surface area (Å²) in [6, 6.07) is 10.2. The molecule has 1 rings (SSSR count). The van der Waals surface area contributed by atoms with Crippen LogP contribution in [0.25, 0.3) is 0 Å². The lowest BCUT2D eigenvalue weighted by Crippen LogP contribution is -2.03. The molecule has 0 unspecified atom stereocenters. The van der Waals surface area contributed by atoms with Crippen molar-refractivity contribution in [1.29, 1.82) is 0 Å². The highest BCUT2D eigenvalue weighted by molar-refractivity contribution is 5.13. The number of aliphatic hydroxyl groups excluding tert-OH is 1. The SMILES string of the molecule is C[C@H](CO)CCCOCc1ccccc1. The molecule has 0 amide bonds. The average Bonchev–Trinajstić information content (AvgIpc) is 2.29. The van der Waals surface area contributed by atoms with Gasteiger partial charge in [-0.05, 0) is 24.3 Å². The third-order valence-electron chi connectivity index (χ3n) is 2.41. The van der Waals surface area contributed by atoms with Gasteiger partial charge in [0.1, 0.15) is 0 Å². The summed E-state index contributed by atoms with van der Waals surface area (Å²) < 4.78 is 5.53. The van der Waals surface area contributed by atoms with Gasteiger partial charge < -0.3 is 9.84 Å². The maximum absolute atomic E-state index is 8.83. The summed E-state index contributed by atoms with van der Waals surface area (Å²) in [5.74, 6) is 0.394. The van der Waals surface area contributed by atoms with Crippen LogP contribution in [0.3, 0.4) is 0 Å². The molecular weight excluding hydrogens is 188 g/mol. The molecule has 2 heteroatoms. The minimum absolute atomic E-state index is 0.276. The number of hydrogen-bond acceptors (Lipinski definition) is 2. The zero-order valence-corrected chi connectivity index (χ0v) is 9.36. The van der Waals surface area contributed by atoms with Gasteiger partial charge in [0.25, 0.3) is 0 Å². The van der Waals surface area contributed by atoms with E-state index < -0.39 is 0 Å². The van der Waals surface area contributed by atoms with E-state index in [4.69, 9.17) is 9.84 Å². The summed E-state index contributed by atoms with van der Waals surface area (Å²) in [7, 11) is 0. The number of ether oxygens (including phenoxy) is 1. The number of benzene rings is 1. The van der Waals surface area contributed by atoms with E-state index in [1.807, 2.05) is 18.2 Å². The molecule has 0 aliphatic heterocycles. The van der Waals surface area contributed by atoms with Crippen molar-refractivity contribution in [3.05, 3.63) is 35.9 Å². The molecule has 0 aliphatic carbocycles. The highest BCUT2D eigenvalue weighted by Crippen LogP contribution is 2.05. The van der Waals surface area contributed by atoms with Crippen molar-refractivity contribution >= 4 is 0 Å². The molecule has 15 heavy (non-hydrogen) atoms. The van der Waals surface area contributed by atoms with E-state index in [2.05, 4.69) is 19.1 Å². The normalized spacial score (nSPS) is 12.7. The molecule has 0 aromatic heterocycles. The summed E-state index contributed by atoms with van der Waals surface area (Å²) in [6.45, 7) is 3.80. The molecule has 0 radical (unpaired) electrons. The first-order chi connectivity index (χ1) is 7.33. The minimum atomic E-state index is 0.276. The third kappa shape index (κ3) is 5.55. The second-order valence-electron chi connectivity index (χ2n) is 3.97. The van der Waals surface area contributed by atoms with E-state index in [1.54, 1.807) is 0 Å². The van der Waals surface area contributed by atoms with Crippen LogP contribution < -0.4 is 0 Å². The molecule has 0 heterocycles. The van der Waals surface area contributed by atoms with Crippen LogP contribution in [0.4, 0.5) is 0 Å². The Bertz CT molecular complexity index is 246. The summed E-state index contributed by atoms with van der Waals surface area (Å²) in [5.41, 5.74) is 1.22. The van der Waals surface area contributed by atoms with Gasteiger partial charge in [-0.2, -0.15) is 0 Å². The van der Waals surface area contributed by atoms with Crippen LogP contribution in [-0.2, 0) is 11.3 Å². The van der Waals surface area contributed by atoms with Crippen LogP contribution >= 0.6 is 0 Å². The molecule has 1 atom stereocenters. The zero-order valence-electron chi connectivity index (χ0n) is 9.36. The summed E-state index contributed by atoms with van der Waals surface area (Å²) >= 11 is 0. The lowest BCUT2D eigenvalue weighted by Gasteiger charge is -2.07. The Morgan fingerprint density at radius 3 is 2.67 bits per heavy atom. The fourth-order valence-electron chi connectivity index (χ4n) is 1.39. The second-order valence-corrected chi connectivity index (χ2v) is 3.97. The van der Waals surface area contributed by atoms with Crippen molar-refractivity contribution in [2.75, 3.05) is 13.2 Å². The van der Waals surface area contributed by atoms with Crippen LogP contribution in [-0.4, -0.2) is 18.3 Å². The maximum atomic E-state index is 8.83. The van der Waals surface area contributed by atoms with Crippen molar-refractivity contribution in [3.8, 4) is 0 Å². The summed E-state index contributed by atoms with van der Waals surface area (Å²) in [4.78, 5) is 0. The first-order valence-electron chi connectivity index (χ1n) is 5.55. The van der Waals surface area contributed by atoms with Crippen molar-refractivity contribution in [2.45, 2.75) is 26.4 Å². The molecule has 1 N–H and O–H groups in total.